The summed E-state index contributed by atoms with van der Waals surface area (Å²) in [6.45, 7) is 8.22. The number of carbonyl (C=O) groups excluding carboxylic acids is 1. The van der Waals surface area contributed by atoms with E-state index in [2.05, 4.69) is 5.32 Å². The van der Waals surface area contributed by atoms with Gasteiger partial charge in [0.05, 0.1) is 0 Å². The third-order valence-electron chi connectivity index (χ3n) is 3.09. The summed E-state index contributed by atoms with van der Waals surface area (Å²) >= 11 is 6.14. The van der Waals surface area contributed by atoms with Crippen LogP contribution < -0.4 is 5.32 Å². The summed E-state index contributed by atoms with van der Waals surface area (Å²) in [6.07, 6.45) is 0.520. The van der Waals surface area contributed by atoms with E-state index in [1.807, 2.05) is 49.9 Å². The van der Waals surface area contributed by atoms with E-state index in [4.69, 9.17) is 11.6 Å². The Kier molecular flexibility index (Phi) is 6.89. The van der Waals surface area contributed by atoms with Crippen LogP contribution in [0.5, 0.6) is 0 Å². The van der Waals surface area contributed by atoms with Gasteiger partial charge in [0, 0.05) is 30.6 Å². The van der Waals surface area contributed by atoms with Crippen molar-refractivity contribution >= 4 is 17.5 Å². The third kappa shape index (κ3) is 5.21. The van der Waals surface area contributed by atoms with Gasteiger partial charge < -0.3 is 10.2 Å². The zero-order valence-corrected chi connectivity index (χ0v) is 12.7. The second-order valence-electron chi connectivity index (χ2n) is 4.66. The normalized spacial score (nSPS) is 12.2. The molecular formula is C15H23ClN2O. The summed E-state index contributed by atoms with van der Waals surface area (Å²) in [7, 11) is 0. The monoisotopic (exact) mass is 282 g/mol. The van der Waals surface area contributed by atoms with Gasteiger partial charge in [-0.05, 0) is 32.0 Å². The summed E-state index contributed by atoms with van der Waals surface area (Å²) < 4.78 is 0. The number of hydrogen-bond donors (Lipinski definition) is 1. The van der Waals surface area contributed by atoms with Gasteiger partial charge in [-0.25, -0.2) is 0 Å². The molecule has 3 nitrogen and oxygen atoms in total. The molecular weight excluding hydrogens is 260 g/mol. The second kappa shape index (κ2) is 8.18. The number of nitrogens with one attached hydrogen (secondary N) is 1. The van der Waals surface area contributed by atoms with Crippen LogP contribution in [-0.4, -0.2) is 29.9 Å². The number of benzene rings is 1. The van der Waals surface area contributed by atoms with E-state index in [1.165, 1.54) is 0 Å². The van der Waals surface area contributed by atoms with E-state index < -0.39 is 0 Å². The van der Waals surface area contributed by atoms with Gasteiger partial charge in [-0.2, -0.15) is 0 Å². The molecule has 0 aliphatic rings. The Bertz CT molecular complexity index is 409. The first-order valence-electron chi connectivity index (χ1n) is 6.83. The number of halogens is 1. The first-order chi connectivity index (χ1) is 9.08. The van der Waals surface area contributed by atoms with Crippen LogP contribution in [-0.2, 0) is 11.3 Å². The minimum absolute atomic E-state index is 0.163. The van der Waals surface area contributed by atoms with Gasteiger partial charge in [-0.1, -0.05) is 36.7 Å². The molecule has 0 fully saturated rings. The van der Waals surface area contributed by atoms with Gasteiger partial charge >= 0.3 is 0 Å². The lowest BCUT2D eigenvalue weighted by Gasteiger charge is -2.23. The van der Waals surface area contributed by atoms with Gasteiger partial charge in [0.1, 0.15) is 0 Å². The van der Waals surface area contributed by atoms with Crippen LogP contribution in [0.2, 0.25) is 5.02 Å². The van der Waals surface area contributed by atoms with Crippen molar-refractivity contribution in [2.45, 2.75) is 39.8 Å². The second-order valence-corrected chi connectivity index (χ2v) is 5.07. The lowest BCUT2D eigenvalue weighted by Crippen LogP contribution is -2.36. The molecule has 1 amide bonds. The maximum Gasteiger partial charge on any atom is 0.224 e. The highest BCUT2D eigenvalue weighted by Gasteiger charge is 2.16. The van der Waals surface area contributed by atoms with Crippen molar-refractivity contribution in [3.05, 3.63) is 34.9 Å². The van der Waals surface area contributed by atoms with Crippen molar-refractivity contribution in [2.75, 3.05) is 13.1 Å². The van der Waals surface area contributed by atoms with Crippen LogP contribution in [0.3, 0.4) is 0 Å². The van der Waals surface area contributed by atoms with Crippen molar-refractivity contribution in [3.63, 3.8) is 0 Å². The van der Waals surface area contributed by atoms with Crippen molar-refractivity contribution in [1.29, 1.82) is 0 Å². The van der Waals surface area contributed by atoms with Gasteiger partial charge in [0.2, 0.25) is 5.91 Å². The molecule has 0 aliphatic heterocycles. The fourth-order valence-electron chi connectivity index (χ4n) is 2.02. The van der Waals surface area contributed by atoms with Gasteiger partial charge in [0.25, 0.3) is 0 Å². The molecule has 1 aromatic carbocycles. The highest BCUT2D eigenvalue weighted by Crippen LogP contribution is 2.17. The fourth-order valence-corrected chi connectivity index (χ4v) is 2.22. The molecule has 1 aromatic rings. The quantitative estimate of drug-likeness (QED) is 0.834. The molecule has 0 spiro atoms. The van der Waals surface area contributed by atoms with Gasteiger partial charge in [0.15, 0.2) is 0 Å². The zero-order valence-electron chi connectivity index (χ0n) is 11.9. The molecule has 0 saturated carbocycles. The lowest BCUT2D eigenvalue weighted by atomic mass is 10.1. The predicted octanol–water partition coefficient (Wildman–Crippen LogP) is 3.08. The molecule has 1 rings (SSSR count). The maximum absolute atomic E-state index is 12.2. The number of rotatable bonds is 7. The topological polar surface area (TPSA) is 32.3 Å². The van der Waals surface area contributed by atoms with Crippen LogP contribution in [0.1, 0.15) is 32.8 Å². The van der Waals surface area contributed by atoms with E-state index >= 15 is 0 Å². The Labute approximate surface area is 120 Å². The van der Waals surface area contributed by atoms with E-state index in [0.29, 0.717) is 24.5 Å². The molecule has 106 valence electrons. The molecule has 0 heterocycles. The predicted molar refractivity (Wildman–Crippen MR) is 80.3 cm³/mol. The number of nitrogens with zero attached hydrogens (tertiary/aromatic N) is 1. The van der Waals surface area contributed by atoms with E-state index in [1.54, 1.807) is 0 Å². The molecule has 1 unspecified atom stereocenters. The Morgan fingerprint density at radius 2 is 2.05 bits per heavy atom. The summed E-state index contributed by atoms with van der Waals surface area (Å²) in [5.41, 5.74) is 0.996. The highest BCUT2D eigenvalue weighted by atomic mass is 35.5. The number of hydrogen-bond acceptors (Lipinski definition) is 2. The first kappa shape index (κ1) is 16.0. The highest BCUT2D eigenvalue weighted by molar-refractivity contribution is 6.31. The average Bonchev–Trinajstić information content (AvgIpc) is 2.37. The molecule has 0 saturated heterocycles. The van der Waals surface area contributed by atoms with Crippen molar-refractivity contribution in [1.82, 2.24) is 10.2 Å². The molecule has 0 aromatic heterocycles. The molecule has 0 bridgehead atoms. The Balaban J connectivity index is 2.63. The minimum atomic E-state index is 0.163. The summed E-state index contributed by atoms with van der Waals surface area (Å²) in [5, 5.41) is 3.97. The molecule has 1 atom stereocenters. The molecule has 19 heavy (non-hydrogen) atoms. The molecule has 0 aliphatic carbocycles. The van der Waals surface area contributed by atoms with Gasteiger partial charge in [-0.15, -0.1) is 0 Å². The van der Waals surface area contributed by atoms with E-state index in [0.717, 1.165) is 12.1 Å². The van der Waals surface area contributed by atoms with Crippen LogP contribution in [0.4, 0.5) is 0 Å². The fraction of sp³-hybridized carbons (Fsp3) is 0.533. The van der Waals surface area contributed by atoms with Crippen molar-refractivity contribution in [2.24, 2.45) is 0 Å². The molecule has 4 heteroatoms. The average molecular weight is 283 g/mol. The van der Waals surface area contributed by atoms with Crippen molar-refractivity contribution < 1.29 is 4.79 Å². The summed E-state index contributed by atoms with van der Waals surface area (Å²) in [6, 6.07) is 7.87. The van der Waals surface area contributed by atoms with Crippen LogP contribution in [0, 0.1) is 0 Å². The summed E-state index contributed by atoms with van der Waals surface area (Å²) in [4.78, 5) is 14.1. The van der Waals surface area contributed by atoms with Crippen molar-refractivity contribution in [3.8, 4) is 0 Å². The minimum Gasteiger partial charge on any atom is -0.339 e. The summed E-state index contributed by atoms with van der Waals surface area (Å²) in [5.74, 6) is 0.163. The maximum atomic E-state index is 12.2. The van der Waals surface area contributed by atoms with Crippen LogP contribution >= 0.6 is 11.6 Å². The van der Waals surface area contributed by atoms with Crippen LogP contribution in [0.25, 0.3) is 0 Å². The Hall–Kier alpha value is -1.06. The third-order valence-corrected chi connectivity index (χ3v) is 3.46. The molecule has 1 N–H and O–H groups in total. The van der Waals surface area contributed by atoms with Gasteiger partial charge in [-0.3, -0.25) is 4.79 Å². The standard InChI is InChI=1S/C15H23ClN2O/c1-4-17-12(3)10-15(19)18(5-2)11-13-8-6-7-9-14(13)16/h6-9,12,17H,4-5,10-11H2,1-3H3. The Morgan fingerprint density at radius 1 is 1.37 bits per heavy atom. The van der Waals surface area contributed by atoms with E-state index in [9.17, 15) is 4.79 Å². The Morgan fingerprint density at radius 3 is 2.63 bits per heavy atom. The lowest BCUT2D eigenvalue weighted by molar-refractivity contribution is -0.132. The van der Waals surface area contributed by atoms with E-state index in [-0.39, 0.29) is 11.9 Å². The zero-order chi connectivity index (χ0) is 14.3. The van der Waals surface area contributed by atoms with Crippen LogP contribution in [0.15, 0.2) is 24.3 Å². The molecule has 0 radical (unpaired) electrons. The smallest absolute Gasteiger partial charge is 0.224 e. The largest absolute Gasteiger partial charge is 0.339 e. The first-order valence-corrected chi connectivity index (χ1v) is 7.20. The SMILES string of the molecule is CCNC(C)CC(=O)N(CC)Cc1ccccc1Cl. The number of carbonyl (C=O) groups is 1. The number of amides is 1.